The van der Waals surface area contributed by atoms with Crippen LogP contribution in [0, 0.1) is 6.92 Å². The van der Waals surface area contributed by atoms with Gasteiger partial charge in [-0.15, -0.1) is 0 Å². The standard InChI is InChI=1S/C26H20N2O2S/c1-19-9-12-23(13-10-19)31(29,30)28-18-25(22-8-5-15-27-17-22)24-16-21(11-14-26(24)28)20-6-3-2-4-7-20/h2-18H,1H3. The number of hydrogen-bond acceptors (Lipinski definition) is 3. The van der Waals surface area contributed by atoms with Crippen molar-refractivity contribution in [2.75, 3.05) is 0 Å². The molecule has 0 radical (unpaired) electrons. The molecule has 0 atom stereocenters. The topological polar surface area (TPSA) is 52.0 Å². The number of rotatable bonds is 4. The lowest BCUT2D eigenvalue weighted by Crippen LogP contribution is -2.11. The smallest absolute Gasteiger partial charge is 0.264 e. The van der Waals surface area contributed by atoms with E-state index >= 15 is 0 Å². The molecule has 0 aliphatic heterocycles. The molecule has 3 aromatic carbocycles. The Labute approximate surface area is 181 Å². The van der Waals surface area contributed by atoms with Crippen LogP contribution in [0.5, 0.6) is 0 Å². The maximum Gasteiger partial charge on any atom is 0.268 e. The van der Waals surface area contributed by atoms with Gasteiger partial charge in [0.15, 0.2) is 0 Å². The SMILES string of the molecule is Cc1ccc(S(=O)(=O)n2cc(-c3cccnc3)c3cc(-c4ccccc4)ccc32)cc1. The molecule has 0 aliphatic carbocycles. The zero-order chi connectivity index (χ0) is 21.4. The Hall–Kier alpha value is -3.70. The second-order valence-electron chi connectivity index (χ2n) is 7.50. The zero-order valence-electron chi connectivity index (χ0n) is 16.9. The molecule has 5 heteroatoms. The molecule has 4 nitrogen and oxygen atoms in total. The fourth-order valence-electron chi connectivity index (χ4n) is 3.79. The van der Waals surface area contributed by atoms with E-state index in [9.17, 15) is 8.42 Å². The maximum absolute atomic E-state index is 13.5. The summed E-state index contributed by atoms with van der Waals surface area (Å²) >= 11 is 0. The van der Waals surface area contributed by atoms with Crippen molar-refractivity contribution >= 4 is 20.9 Å². The Bertz CT molecular complexity index is 1470. The van der Waals surface area contributed by atoms with E-state index in [0.717, 1.165) is 33.2 Å². The molecule has 0 fully saturated rings. The fourth-order valence-corrected chi connectivity index (χ4v) is 5.15. The second kappa shape index (κ2) is 7.52. The van der Waals surface area contributed by atoms with Gasteiger partial charge in [-0.25, -0.2) is 12.4 Å². The van der Waals surface area contributed by atoms with Gasteiger partial charge in [-0.05, 0) is 48.4 Å². The molecular formula is C26H20N2O2S. The molecule has 0 unspecified atom stereocenters. The van der Waals surface area contributed by atoms with Crippen LogP contribution in [0.15, 0.2) is 108 Å². The third-order valence-corrected chi connectivity index (χ3v) is 7.12. The van der Waals surface area contributed by atoms with Crippen molar-refractivity contribution in [1.29, 1.82) is 0 Å². The number of nitrogens with zero attached hydrogens (tertiary/aromatic N) is 2. The molecule has 2 heterocycles. The van der Waals surface area contributed by atoms with Gasteiger partial charge < -0.3 is 0 Å². The summed E-state index contributed by atoms with van der Waals surface area (Å²) in [5.41, 5.74) is 5.46. The van der Waals surface area contributed by atoms with Gasteiger partial charge in [0.1, 0.15) is 0 Å². The van der Waals surface area contributed by atoms with E-state index in [-0.39, 0.29) is 4.90 Å². The molecule has 5 aromatic rings. The highest BCUT2D eigenvalue weighted by molar-refractivity contribution is 7.90. The Balaban J connectivity index is 1.77. The van der Waals surface area contributed by atoms with Crippen LogP contribution in [-0.4, -0.2) is 17.4 Å². The third kappa shape index (κ3) is 3.43. The summed E-state index contributed by atoms with van der Waals surface area (Å²) in [5, 5.41) is 0.866. The summed E-state index contributed by atoms with van der Waals surface area (Å²) in [6.45, 7) is 1.94. The van der Waals surface area contributed by atoms with Crippen LogP contribution < -0.4 is 0 Å². The third-order valence-electron chi connectivity index (χ3n) is 5.43. The molecule has 0 bridgehead atoms. The Morgan fingerprint density at radius 1 is 0.774 bits per heavy atom. The van der Waals surface area contributed by atoms with E-state index in [1.54, 1.807) is 30.7 Å². The van der Waals surface area contributed by atoms with Crippen molar-refractivity contribution < 1.29 is 8.42 Å². The predicted octanol–water partition coefficient (Wildman–Crippen LogP) is 5.92. The monoisotopic (exact) mass is 424 g/mol. The number of pyridine rings is 1. The van der Waals surface area contributed by atoms with Crippen LogP contribution in [0.25, 0.3) is 33.2 Å². The molecule has 0 amide bonds. The number of aromatic nitrogens is 2. The first-order valence-corrected chi connectivity index (χ1v) is 11.4. The average Bonchev–Trinajstić information content (AvgIpc) is 3.20. The molecule has 31 heavy (non-hydrogen) atoms. The van der Waals surface area contributed by atoms with Gasteiger partial charge >= 0.3 is 0 Å². The Morgan fingerprint density at radius 3 is 2.23 bits per heavy atom. The predicted molar refractivity (Wildman–Crippen MR) is 124 cm³/mol. The number of benzene rings is 3. The van der Waals surface area contributed by atoms with E-state index < -0.39 is 10.0 Å². The van der Waals surface area contributed by atoms with Gasteiger partial charge in [0, 0.05) is 35.1 Å². The van der Waals surface area contributed by atoms with Gasteiger partial charge in [-0.3, -0.25) is 4.98 Å². The van der Waals surface area contributed by atoms with Gasteiger partial charge in [0.25, 0.3) is 10.0 Å². The minimum absolute atomic E-state index is 0.264. The summed E-state index contributed by atoms with van der Waals surface area (Å²) < 4.78 is 28.4. The number of fused-ring (bicyclic) bond motifs is 1. The summed E-state index contributed by atoms with van der Waals surface area (Å²) in [7, 11) is -3.75. The number of hydrogen-bond donors (Lipinski definition) is 0. The zero-order valence-corrected chi connectivity index (χ0v) is 17.8. The van der Waals surface area contributed by atoms with Crippen molar-refractivity contribution in [3.8, 4) is 22.3 Å². The molecule has 0 aliphatic rings. The summed E-state index contributed by atoms with van der Waals surface area (Å²) in [6, 6.07) is 26.7. The fraction of sp³-hybridized carbons (Fsp3) is 0.0385. The Kier molecular flexibility index (Phi) is 4.68. The molecule has 152 valence electrons. The lowest BCUT2D eigenvalue weighted by atomic mass is 10.0. The highest BCUT2D eigenvalue weighted by Crippen LogP contribution is 2.35. The summed E-state index contributed by atoms with van der Waals surface area (Å²) in [4.78, 5) is 4.49. The second-order valence-corrected chi connectivity index (χ2v) is 9.31. The van der Waals surface area contributed by atoms with E-state index in [0.29, 0.717) is 5.52 Å². The van der Waals surface area contributed by atoms with Crippen molar-refractivity contribution in [2.45, 2.75) is 11.8 Å². The molecule has 0 saturated heterocycles. The molecule has 0 saturated carbocycles. The van der Waals surface area contributed by atoms with E-state index in [2.05, 4.69) is 4.98 Å². The van der Waals surface area contributed by atoms with Gasteiger partial charge in [0.05, 0.1) is 10.4 Å². The largest absolute Gasteiger partial charge is 0.268 e. The lowest BCUT2D eigenvalue weighted by Gasteiger charge is -2.08. The minimum Gasteiger partial charge on any atom is -0.264 e. The van der Waals surface area contributed by atoms with Crippen LogP contribution in [0.4, 0.5) is 0 Å². The van der Waals surface area contributed by atoms with Crippen LogP contribution in [-0.2, 0) is 10.0 Å². The lowest BCUT2D eigenvalue weighted by molar-refractivity contribution is 0.589. The van der Waals surface area contributed by atoms with Gasteiger partial charge in [-0.1, -0.05) is 60.2 Å². The summed E-state index contributed by atoms with van der Waals surface area (Å²) in [6.07, 6.45) is 5.17. The highest BCUT2D eigenvalue weighted by Gasteiger charge is 2.22. The maximum atomic E-state index is 13.5. The minimum atomic E-state index is -3.75. The quantitative estimate of drug-likeness (QED) is 0.360. The van der Waals surface area contributed by atoms with E-state index in [1.165, 1.54) is 3.97 Å². The van der Waals surface area contributed by atoms with Crippen LogP contribution in [0.1, 0.15) is 5.56 Å². The van der Waals surface area contributed by atoms with Crippen molar-refractivity contribution in [2.24, 2.45) is 0 Å². The molecule has 5 rings (SSSR count). The van der Waals surface area contributed by atoms with Crippen molar-refractivity contribution in [1.82, 2.24) is 8.96 Å². The molecule has 2 aromatic heterocycles. The first-order chi connectivity index (χ1) is 15.0. The van der Waals surface area contributed by atoms with Crippen LogP contribution in [0.3, 0.4) is 0 Å². The Morgan fingerprint density at radius 2 is 1.52 bits per heavy atom. The summed E-state index contributed by atoms with van der Waals surface area (Å²) in [5.74, 6) is 0. The van der Waals surface area contributed by atoms with Gasteiger partial charge in [-0.2, -0.15) is 0 Å². The van der Waals surface area contributed by atoms with Crippen molar-refractivity contribution in [3.05, 3.63) is 109 Å². The first kappa shape index (κ1) is 19.3. The average molecular weight is 425 g/mol. The van der Waals surface area contributed by atoms with Crippen LogP contribution >= 0.6 is 0 Å². The molecule has 0 spiro atoms. The van der Waals surface area contributed by atoms with E-state index in [1.807, 2.05) is 79.7 Å². The normalized spacial score (nSPS) is 11.6. The van der Waals surface area contributed by atoms with E-state index in [4.69, 9.17) is 0 Å². The van der Waals surface area contributed by atoms with Gasteiger partial charge in [0.2, 0.25) is 0 Å². The first-order valence-electron chi connectivity index (χ1n) is 9.97. The molecular weight excluding hydrogens is 404 g/mol. The van der Waals surface area contributed by atoms with Crippen LogP contribution in [0.2, 0.25) is 0 Å². The highest BCUT2D eigenvalue weighted by atomic mass is 32.2. The van der Waals surface area contributed by atoms with Crippen molar-refractivity contribution in [3.63, 3.8) is 0 Å². The molecule has 0 N–H and O–H groups in total. The number of aryl methyl sites for hydroxylation is 1.